The van der Waals surface area contributed by atoms with Crippen LogP contribution in [-0.4, -0.2) is 35.6 Å². The molecular formula is C14H16N4O8S2. The molecule has 0 spiro atoms. The molecule has 0 amide bonds. The molecule has 0 fully saturated rings. The Labute approximate surface area is 159 Å². The van der Waals surface area contributed by atoms with Crippen molar-refractivity contribution in [2.24, 2.45) is 10.2 Å². The van der Waals surface area contributed by atoms with Crippen molar-refractivity contribution in [1.29, 1.82) is 0 Å². The number of pyridine rings is 1. The third kappa shape index (κ3) is 4.19. The van der Waals surface area contributed by atoms with Crippen LogP contribution in [0.2, 0.25) is 0 Å². The fourth-order valence-corrected chi connectivity index (χ4v) is 3.68. The van der Waals surface area contributed by atoms with Crippen LogP contribution in [0.4, 0.5) is 17.1 Å². The zero-order chi connectivity index (χ0) is 21.4. The number of benzene rings is 1. The van der Waals surface area contributed by atoms with Crippen molar-refractivity contribution in [1.82, 2.24) is 4.57 Å². The molecule has 28 heavy (non-hydrogen) atoms. The number of aryl methyl sites for hydroxylation is 1. The highest BCUT2D eigenvalue weighted by molar-refractivity contribution is 7.86. The van der Waals surface area contributed by atoms with Crippen LogP contribution in [0.3, 0.4) is 0 Å². The number of nitrogens with two attached hydrogens (primary N) is 1. The first-order chi connectivity index (χ1) is 12.8. The quantitative estimate of drug-likeness (QED) is 0.306. The average Bonchev–Trinajstić information content (AvgIpc) is 2.52. The minimum absolute atomic E-state index is 0.125. The lowest BCUT2D eigenvalue weighted by Gasteiger charge is -2.10. The molecule has 0 radical (unpaired) electrons. The first kappa shape index (κ1) is 21.5. The number of aromatic nitrogens is 1. The molecule has 152 valence electrons. The highest BCUT2D eigenvalue weighted by Gasteiger charge is 2.24. The minimum Gasteiger partial charge on any atom is -0.493 e. The summed E-state index contributed by atoms with van der Waals surface area (Å²) in [6.07, 6.45) is 0. The Kier molecular flexibility index (Phi) is 5.61. The molecule has 2 rings (SSSR count). The molecule has 0 aliphatic heterocycles. The molecule has 0 bridgehead atoms. The molecule has 1 aromatic heterocycles. The second-order valence-corrected chi connectivity index (χ2v) is 8.37. The first-order valence-electron chi connectivity index (χ1n) is 7.51. The minimum atomic E-state index is -4.98. The van der Waals surface area contributed by atoms with Gasteiger partial charge >= 0.3 is 0 Å². The number of anilines is 1. The number of rotatable bonds is 5. The summed E-state index contributed by atoms with van der Waals surface area (Å²) in [4.78, 5) is 9.87. The summed E-state index contributed by atoms with van der Waals surface area (Å²) in [5.41, 5.74) is 3.98. The topological polar surface area (TPSA) is 202 Å². The molecule has 5 N–H and O–H groups in total. The van der Waals surface area contributed by atoms with E-state index in [0.717, 1.165) is 10.6 Å². The zero-order valence-corrected chi connectivity index (χ0v) is 16.2. The van der Waals surface area contributed by atoms with Crippen molar-refractivity contribution in [2.45, 2.75) is 30.2 Å². The van der Waals surface area contributed by atoms with Crippen LogP contribution in [0.1, 0.15) is 12.5 Å². The summed E-state index contributed by atoms with van der Waals surface area (Å²) in [6, 6.07) is 2.36. The van der Waals surface area contributed by atoms with E-state index in [-0.39, 0.29) is 17.8 Å². The molecule has 0 aliphatic carbocycles. The lowest BCUT2D eigenvalue weighted by molar-refractivity contribution is 0.412. The van der Waals surface area contributed by atoms with Crippen molar-refractivity contribution in [3.63, 3.8) is 0 Å². The number of hydrogen-bond acceptors (Lipinski definition) is 9. The first-order valence-corrected chi connectivity index (χ1v) is 10.4. The van der Waals surface area contributed by atoms with Gasteiger partial charge < -0.3 is 10.8 Å². The molecule has 1 heterocycles. The van der Waals surface area contributed by atoms with E-state index < -0.39 is 52.8 Å². The summed E-state index contributed by atoms with van der Waals surface area (Å²) < 4.78 is 65.2. The molecule has 2 aromatic rings. The Morgan fingerprint density at radius 1 is 1.04 bits per heavy atom. The molecular weight excluding hydrogens is 416 g/mol. The van der Waals surface area contributed by atoms with Crippen LogP contribution >= 0.6 is 0 Å². The smallest absolute Gasteiger partial charge is 0.296 e. The number of nitrogens with zero attached hydrogens (tertiary/aromatic N) is 3. The van der Waals surface area contributed by atoms with Crippen molar-refractivity contribution in [2.75, 3.05) is 5.73 Å². The van der Waals surface area contributed by atoms with Gasteiger partial charge in [-0.2, -0.15) is 16.8 Å². The van der Waals surface area contributed by atoms with E-state index in [2.05, 4.69) is 10.2 Å². The van der Waals surface area contributed by atoms with Gasteiger partial charge in [0.2, 0.25) is 5.88 Å². The highest BCUT2D eigenvalue weighted by Crippen LogP contribution is 2.35. The molecule has 1 aromatic carbocycles. The molecule has 12 nitrogen and oxygen atoms in total. The Bertz CT molecular complexity index is 1250. The van der Waals surface area contributed by atoms with Crippen LogP contribution in [-0.2, 0) is 26.8 Å². The van der Waals surface area contributed by atoms with Gasteiger partial charge in [0, 0.05) is 12.6 Å². The van der Waals surface area contributed by atoms with Gasteiger partial charge in [-0.1, -0.05) is 0 Å². The van der Waals surface area contributed by atoms with Crippen LogP contribution in [0, 0.1) is 6.92 Å². The van der Waals surface area contributed by atoms with Crippen LogP contribution < -0.4 is 11.3 Å². The predicted octanol–water partition coefficient (Wildman–Crippen LogP) is 1.37. The molecule has 0 atom stereocenters. The Morgan fingerprint density at radius 2 is 1.61 bits per heavy atom. The van der Waals surface area contributed by atoms with Gasteiger partial charge in [-0.15, -0.1) is 10.2 Å². The second-order valence-electron chi connectivity index (χ2n) is 5.59. The van der Waals surface area contributed by atoms with E-state index in [0.29, 0.717) is 6.07 Å². The Balaban J connectivity index is 2.74. The lowest BCUT2D eigenvalue weighted by atomic mass is 10.2. The molecule has 0 aliphatic rings. The highest BCUT2D eigenvalue weighted by atomic mass is 32.2. The van der Waals surface area contributed by atoms with Crippen LogP contribution in [0.5, 0.6) is 5.88 Å². The molecule has 0 saturated carbocycles. The monoisotopic (exact) mass is 432 g/mol. The maximum absolute atomic E-state index is 11.8. The average molecular weight is 432 g/mol. The van der Waals surface area contributed by atoms with Gasteiger partial charge in [-0.25, -0.2) is 0 Å². The summed E-state index contributed by atoms with van der Waals surface area (Å²) >= 11 is 0. The number of aromatic hydroxyl groups is 1. The Hall–Kier alpha value is -2.81. The fourth-order valence-electron chi connectivity index (χ4n) is 2.35. The third-order valence-electron chi connectivity index (χ3n) is 3.67. The van der Waals surface area contributed by atoms with Gasteiger partial charge in [0.25, 0.3) is 25.8 Å². The standard InChI is InChI=1S/C14H16N4O8S2/c1-3-18-12(19)4-7(2)13(14(18)20)17-16-9-5-8(15)10(27(21,22)23)6-11(9)28(24,25)26/h4-6,20H,3,15H2,1-2H3,(H,21,22,23)(H,24,25,26). The zero-order valence-electron chi connectivity index (χ0n) is 14.6. The van der Waals surface area contributed by atoms with E-state index in [9.17, 15) is 31.3 Å². The number of nitrogen functional groups attached to an aromatic ring is 1. The van der Waals surface area contributed by atoms with Crippen molar-refractivity contribution < 1.29 is 31.0 Å². The van der Waals surface area contributed by atoms with Crippen molar-refractivity contribution >= 4 is 37.3 Å². The van der Waals surface area contributed by atoms with E-state index in [4.69, 9.17) is 10.3 Å². The van der Waals surface area contributed by atoms with Gasteiger partial charge in [0.1, 0.15) is 21.2 Å². The number of azo groups is 1. The third-order valence-corrected chi connectivity index (χ3v) is 5.46. The molecule has 0 saturated heterocycles. The van der Waals surface area contributed by atoms with E-state index in [1.54, 1.807) is 6.92 Å². The summed E-state index contributed by atoms with van der Waals surface area (Å²) in [7, 11) is -9.86. The van der Waals surface area contributed by atoms with Crippen molar-refractivity contribution in [3.05, 3.63) is 34.1 Å². The Morgan fingerprint density at radius 3 is 2.11 bits per heavy atom. The molecule has 14 heteroatoms. The van der Waals surface area contributed by atoms with Gasteiger partial charge in [0.15, 0.2) is 0 Å². The lowest BCUT2D eigenvalue weighted by Crippen LogP contribution is -2.18. The van der Waals surface area contributed by atoms with Gasteiger partial charge in [-0.05, 0) is 31.5 Å². The fraction of sp³-hybridized carbons (Fsp3) is 0.214. The summed E-state index contributed by atoms with van der Waals surface area (Å²) in [5, 5.41) is 17.5. The molecule has 0 unspecified atom stereocenters. The van der Waals surface area contributed by atoms with Crippen LogP contribution in [0.15, 0.2) is 43.0 Å². The SMILES string of the molecule is CCn1c(O)c(N=Nc2cc(N)c(S(=O)(=O)O)cc2S(=O)(=O)O)c(C)cc1=O. The second kappa shape index (κ2) is 7.31. The summed E-state index contributed by atoms with van der Waals surface area (Å²) in [5.74, 6) is -0.521. The predicted molar refractivity (Wildman–Crippen MR) is 97.4 cm³/mol. The van der Waals surface area contributed by atoms with Crippen molar-refractivity contribution in [3.8, 4) is 5.88 Å². The van der Waals surface area contributed by atoms with E-state index in [1.165, 1.54) is 13.0 Å². The number of hydrogen-bond donors (Lipinski definition) is 4. The van der Waals surface area contributed by atoms with E-state index in [1.807, 2.05) is 0 Å². The van der Waals surface area contributed by atoms with Gasteiger partial charge in [-0.3, -0.25) is 18.5 Å². The van der Waals surface area contributed by atoms with Crippen LogP contribution in [0.25, 0.3) is 0 Å². The maximum atomic E-state index is 11.8. The maximum Gasteiger partial charge on any atom is 0.296 e. The largest absolute Gasteiger partial charge is 0.493 e. The normalized spacial score (nSPS) is 12.6. The van der Waals surface area contributed by atoms with E-state index >= 15 is 0 Å². The summed E-state index contributed by atoms with van der Waals surface area (Å²) in [6.45, 7) is 3.18. The van der Waals surface area contributed by atoms with Gasteiger partial charge in [0.05, 0.1) is 5.69 Å².